The van der Waals surface area contributed by atoms with Gasteiger partial charge in [-0.3, -0.25) is 9.59 Å². The molecule has 0 spiro atoms. The van der Waals surface area contributed by atoms with Gasteiger partial charge in [-0.05, 0) is 35.3 Å². The maximum absolute atomic E-state index is 11.8. The van der Waals surface area contributed by atoms with Crippen LogP contribution in [0.25, 0.3) is 0 Å². The fourth-order valence-electron chi connectivity index (χ4n) is 1.46. The largest absolute Gasteiger partial charge is 0.481 e. The molecular formula is C11H15BrN2O3. The lowest BCUT2D eigenvalue weighted by molar-refractivity contribution is -0.137. The number of hydrogen-bond acceptors (Lipinski definition) is 2. The van der Waals surface area contributed by atoms with Crippen molar-refractivity contribution in [3.05, 3.63) is 22.4 Å². The molecule has 5 nitrogen and oxygen atoms in total. The standard InChI is InChI=1S/C11H15BrN2O3/c1-2-14-7-8(12)6-9(14)11(17)13-5-3-4-10(15)16/h6-7H,2-5H2,1H3,(H,13,17)(H,15,16). The molecule has 1 heterocycles. The average Bonchev–Trinajstić information content (AvgIpc) is 2.65. The van der Waals surface area contributed by atoms with Crippen LogP contribution in [0.3, 0.4) is 0 Å². The van der Waals surface area contributed by atoms with Gasteiger partial charge >= 0.3 is 5.97 Å². The van der Waals surface area contributed by atoms with E-state index in [1.165, 1.54) is 0 Å². The Bertz CT molecular complexity index is 415. The molecular weight excluding hydrogens is 288 g/mol. The molecule has 0 atom stereocenters. The van der Waals surface area contributed by atoms with E-state index in [0.717, 1.165) is 4.47 Å². The van der Waals surface area contributed by atoms with Gasteiger partial charge in [0, 0.05) is 30.2 Å². The van der Waals surface area contributed by atoms with Gasteiger partial charge in [-0.25, -0.2) is 0 Å². The summed E-state index contributed by atoms with van der Waals surface area (Å²) >= 11 is 3.31. The molecule has 0 bridgehead atoms. The van der Waals surface area contributed by atoms with E-state index in [1.807, 2.05) is 17.7 Å². The molecule has 0 aliphatic heterocycles. The molecule has 0 aromatic carbocycles. The highest BCUT2D eigenvalue weighted by atomic mass is 79.9. The van der Waals surface area contributed by atoms with Crippen molar-refractivity contribution in [1.82, 2.24) is 9.88 Å². The molecule has 2 N–H and O–H groups in total. The van der Waals surface area contributed by atoms with Crippen LogP contribution in [0.15, 0.2) is 16.7 Å². The lowest BCUT2D eigenvalue weighted by Gasteiger charge is -2.06. The third kappa shape index (κ3) is 4.22. The van der Waals surface area contributed by atoms with Crippen LogP contribution in [-0.2, 0) is 11.3 Å². The van der Waals surface area contributed by atoms with Gasteiger partial charge < -0.3 is 15.0 Å². The molecule has 1 amide bonds. The van der Waals surface area contributed by atoms with E-state index >= 15 is 0 Å². The topological polar surface area (TPSA) is 71.3 Å². The Kier molecular flexibility index (Phi) is 5.21. The van der Waals surface area contributed by atoms with Gasteiger partial charge in [0.25, 0.3) is 5.91 Å². The van der Waals surface area contributed by atoms with Gasteiger partial charge in [0.2, 0.25) is 0 Å². The summed E-state index contributed by atoms with van der Waals surface area (Å²) in [5, 5.41) is 11.2. The minimum Gasteiger partial charge on any atom is -0.481 e. The number of amides is 1. The first kappa shape index (κ1) is 13.8. The van der Waals surface area contributed by atoms with Crippen molar-refractivity contribution in [3.63, 3.8) is 0 Å². The molecule has 0 fully saturated rings. The zero-order valence-corrected chi connectivity index (χ0v) is 11.2. The average molecular weight is 303 g/mol. The van der Waals surface area contributed by atoms with E-state index in [0.29, 0.717) is 25.2 Å². The minimum atomic E-state index is -0.848. The summed E-state index contributed by atoms with van der Waals surface area (Å²) in [5.74, 6) is -1.03. The van der Waals surface area contributed by atoms with Gasteiger partial charge in [-0.2, -0.15) is 0 Å². The van der Waals surface area contributed by atoms with Crippen LogP contribution in [0, 0.1) is 0 Å². The van der Waals surface area contributed by atoms with E-state index in [-0.39, 0.29) is 12.3 Å². The summed E-state index contributed by atoms with van der Waals surface area (Å²) in [6, 6.07) is 1.75. The summed E-state index contributed by atoms with van der Waals surface area (Å²) in [4.78, 5) is 22.1. The molecule has 0 radical (unpaired) electrons. The maximum atomic E-state index is 11.8. The number of halogens is 1. The van der Waals surface area contributed by atoms with Gasteiger partial charge in [0.15, 0.2) is 0 Å². The number of rotatable bonds is 6. The smallest absolute Gasteiger partial charge is 0.303 e. The Hall–Kier alpha value is -1.30. The number of hydrogen-bond donors (Lipinski definition) is 2. The normalized spacial score (nSPS) is 10.2. The SMILES string of the molecule is CCn1cc(Br)cc1C(=O)NCCCC(=O)O. The van der Waals surface area contributed by atoms with Crippen molar-refractivity contribution in [2.75, 3.05) is 6.54 Å². The van der Waals surface area contributed by atoms with E-state index in [4.69, 9.17) is 5.11 Å². The third-order valence-corrected chi connectivity index (χ3v) is 2.72. The highest BCUT2D eigenvalue weighted by Gasteiger charge is 2.11. The van der Waals surface area contributed by atoms with E-state index in [2.05, 4.69) is 21.2 Å². The van der Waals surface area contributed by atoms with E-state index < -0.39 is 5.97 Å². The molecule has 1 aromatic rings. The number of carbonyl (C=O) groups excluding carboxylic acids is 1. The number of nitrogens with zero attached hydrogens (tertiary/aromatic N) is 1. The van der Waals surface area contributed by atoms with Crippen LogP contribution in [-0.4, -0.2) is 28.1 Å². The molecule has 0 saturated carbocycles. The third-order valence-electron chi connectivity index (χ3n) is 2.29. The number of carbonyl (C=O) groups is 2. The molecule has 6 heteroatoms. The number of nitrogens with one attached hydrogen (secondary N) is 1. The molecule has 1 rings (SSSR count). The first-order valence-electron chi connectivity index (χ1n) is 5.40. The number of aromatic nitrogens is 1. The Morgan fingerprint density at radius 1 is 1.53 bits per heavy atom. The quantitative estimate of drug-likeness (QED) is 0.788. The fourth-order valence-corrected chi connectivity index (χ4v) is 1.92. The summed E-state index contributed by atoms with van der Waals surface area (Å²) in [7, 11) is 0. The lowest BCUT2D eigenvalue weighted by atomic mass is 10.3. The lowest BCUT2D eigenvalue weighted by Crippen LogP contribution is -2.27. The van der Waals surface area contributed by atoms with Crippen LogP contribution in [0.4, 0.5) is 0 Å². The monoisotopic (exact) mass is 302 g/mol. The second kappa shape index (κ2) is 6.44. The molecule has 17 heavy (non-hydrogen) atoms. The number of carboxylic acid groups (broad SMARTS) is 1. The van der Waals surface area contributed by atoms with Crippen molar-refractivity contribution in [2.45, 2.75) is 26.3 Å². The van der Waals surface area contributed by atoms with Crippen molar-refractivity contribution in [1.29, 1.82) is 0 Å². The zero-order valence-electron chi connectivity index (χ0n) is 9.57. The second-order valence-electron chi connectivity index (χ2n) is 3.58. The van der Waals surface area contributed by atoms with Gasteiger partial charge in [-0.1, -0.05) is 0 Å². The Balaban J connectivity index is 2.49. The van der Waals surface area contributed by atoms with Crippen LogP contribution in [0.2, 0.25) is 0 Å². The van der Waals surface area contributed by atoms with Crippen LogP contribution < -0.4 is 5.32 Å². The van der Waals surface area contributed by atoms with Crippen molar-refractivity contribution in [3.8, 4) is 0 Å². The molecule has 0 unspecified atom stereocenters. The summed E-state index contributed by atoms with van der Waals surface area (Å²) in [6.07, 6.45) is 2.35. The highest BCUT2D eigenvalue weighted by Crippen LogP contribution is 2.14. The predicted octanol–water partition coefficient (Wildman–Crippen LogP) is 1.87. The van der Waals surface area contributed by atoms with E-state index in [1.54, 1.807) is 6.07 Å². The summed E-state index contributed by atoms with van der Waals surface area (Å²) < 4.78 is 2.69. The Morgan fingerprint density at radius 2 is 2.24 bits per heavy atom. The molecule has 94 valence electrons. The Labute approximate surface area is 108 Å². The van der Waals surface area contributed by atoms with Crippen molar-refractivity contribution in [2.24, 2.45) is 0 Å². The first-order chi connectivity index (χ1) is 8.04. The van der Waals surface area contributed by atoms with Gasteiger partial charge in [0.1, 0.15) is 5.69 Å². The molecule has 1 aromatic heterocycles. The predicted molar refractivity (Wildman–Crippen MR) is 67.0 cm³/mol. The molecule has 0 saturated heterocycles. The number of carboxylic acids is 1. The highest BCUT2D eigenvalue weighted by molar-refractivity contribution is 9.10. The number of aryl methyl sites for hydroxylation is 1. The maximum Gasteiger partial charge on any atom is 0.303 e. The number of aliphatic carboxylic acids is 1. The first-order valence-corrected chi connectivity index (χ1v) is 6.19. The summed E-state index contributed by atoms with van der Waals surface area (Å²) in [6.45, 7) is 3.04. The second-order valence-corrected chi connectivity index (χ2v) is 4.50. The molecule has 0 aliphatic rings. The van der Waals surface area contributed by atoms with Gasteiger partial charge in [-0.15, -0.1) is 0 Å². The Morgan fingerprint density at radius 3 is 2.82 bits per heavy atom. The van der Waals surface area contributed by atoms with Crippen molar-refractivity contribution < 1.29 is 14.7 Å². The van der Waals surface area contributed by atoms with Gasteiger partial charge in [0.05, 0.1) is 0 Å². The van der Waals surface area contributed by atoms with Crippen LogP contribution in [0.5, 0.6) is 0 Å². The van der Waals surface area contributed by atoms with Crippen LogP contribution in [0.1, 0.15) is 30.3 Å². The molecule has 0 aliphatic carbocycles. The van der Waals surface area contributed by atoms with Crippen molar-refractivity contribution >= 4 is 27.8 Å². The van der Waals surface area contributed by atoms with Crippen LogP contribution >= 0.6 is 15.9 Å². The zero-order chi connectivity index (χ0) is 12.8. The van der Waals surface area contributed by atoms with E-state index in [9.17, 15) is 9.59 Å². The summed E-state index contributed by atoms with van der Waals surface area (Å²) in [5.41, 5.74) is 0.578. The fraction of sp³-hybridized carbons (Fsp3) is 0.455. The minimum absolute atomic E-state index is 0.0682.